The van der Waals surface area contributed by atoms with Crippen LogP contribution in [0.3, 0.4) is 0 Å². The maximum Gasteiger partial charge on any atom is 0.309 e. The third kappa shape index (κ3) is 2.61. The number of fused-ring (bicyclic) bond motifs is 2. The van der Waals surface area contributed by atoms with Crippen molar-refractivity contribution in [2.75, 3.05) is 24.6 Å². The van der Waals surface area contributed by atoms with Crippen molar-refractivity contribution in [3.63, 3.8) is 0 Å². The molecule has 0 spiro atoms. The fourth-order valence-electron chi connectivity index (χ4n) is 3.88. The van der Waals surface area contributed by atoms with Gasteiger partial charge in [0.25, 0.3) is 5.78 Å². The molecule has 3 heterocycles. The summed E-state index contributed by atoms with van der Waals surface area (Å²) in [6, 6.07) is 0. The van der Waals surface area contributed by atoms with Crippen LogP contribution in [0, 0.1) is 5.92 Å². The minimum absolute atomic E-state index is 0.0186. The van der Waals surface area contributed by atoms with E-state index in [9.17, 15) is 4.79 Å². The smallest absolute Gasteiger partial charge is 0.309 e. The van der Waals surface area contributed by atoms with Crippen LogP contribution in [0.5, 0.6) is 0 Å². The van der Waals surface area contributed by atoms with Crippen LogP contribution in [0.25, 0.3) is 5.78 Å². The second-order valence-electron chi connectivity index (χ2n) is 6.55. The molecule has 1 fully saturated rings. The molecule has 0 atom stereocenters. The number of nitrogens with zero attached hydrogens (tertiary/aromatic N) is 5. The summed E-state index contributed by atoms with van der Waals surface area (Å²) in [4.78, 5) is 23.3. The van der Waals surface area contributed by atoms with Gasteiger partial charge in [-0.2, -0.15) is 14.6 Å². The van der Waals surface area contributed by atoms with Gasteiger partial charge in [-0.25, -0.2) is 4.98 Å². The van der Waals surface area contributed by atoms with Crippen LogP contribution in [0.1, 0.15) is 43.9 Å². The lowest BCUT2D eigenvalue weighted by Gasteiger charge is -2.34. The van der Waals surface area contributed by atoms with Gasteiger partial charge in [0.2, 0.25) is 0 Å². The van der Waals surface area contributed by atoms with Gasteiger partial charge in [0, 0.05) is 18.7 Å². The van der Waals surface area contributed by atoms with Crippen molar-refractivity contribution in [1.29, 1.82) is 0 Å². The molecule has 0 bridgehead atoms. The lowest BCUT2D eigenvalue weighted by Crippen LogP contribution is -2.39. The van der Waals surface area contributed by atoms with E-state index in [1.54, 1.807) is 6.33 Å². The van der Waals surface area contributed by atoms with Gasteiger partial charge >= 0.3 is 5.97 Å². The standard InChI is InChI=1S/C17H23N5O2/c1-2-24-16(23)12-7-9-21(10-8-12)15-13-5-3-4-6-14(13)20-17-18-11-19-22(15)17/h11-12H,2-10H2,1H3. The Labute approximate surface area is 141 Å². The third-order valence-corrected chi connectivity index (χ3v) is 5.09. The van der Waals surface area contributed by atoms with E-state index in [1.165, 1.54) is 24.1 Å². The van der Waals surface area contributed by atoms with E-state index < -0.39 is 0 Å². The molecule has 2 aromatic heterocycles. The summed E-state index contributed by atoms with van der Waals surface area (Å²) in [6.07, 6.45) is 7.67. The maximum atomic E-state index is 12.0. The molecule has 0 amide bonds. The molecule has 0 radical (unpaired) electrons. The number of anilines is 1. The normalized spacial score (nSPS) is 18.6. The Hall–Kier alpha value is -2.18. The fraction of sp³-hybridized carbons (Fsp3) is 0.647. The highest BCUT2D eigenvalue weighted by molar-refractivity contribution is 5.73. The summed E-state index contributed by atoms with van der Waals surface area (Å²) in [5, 5.41) is 4.40. The summed E-state index contributed by atoms with van der Waals surface area (Å²) in [6.45, 7) is 4.00. The van der Waals surface area contributed by atoms with Crippen LogP contribution in [-0.4, -0.2) is 45.2 Å². The zero-order valence-electron chi connectivity index (χ0n) is 14.1. The van der Waals surface area contributed by atoms with Crippen molar-refractivity contribution >= 4 is 17.6 Å². The lowest BCUT2D eigenvalue weighted by atomic mass is 9.93. The van der Waals surface area contributed by atoms with Crippen molar-refractivity contribution in [2.45, 2.75) is 45.4 Å². The van der Waals surface area contributed by atoms with Gasteiger partial charge < -0.3 is 9.64 Å². The van der Waals surface area contributed by atoms with Crippen molar-refractivity contribution < 1.29 is 9.53 Å². The summed E-state index contributed by atoms with van der Waals surface area (Å²) >= 11 is 0. The van der Waals surface area contributed by atoms with Crippen LogP contribution in [0.15, 0.2) is 6.33 Å². The zero-order valence-corrected chi connectivity index (χ0v) is 14.1. The Bertz CT molecular complexity index is 749. The van der Waals surface area contributed by atoms with Crippen molar-refractivity contribution in [2.24, 2.45) is 5.92 Å². The first-order valence-corrected chi connectivity index (χ1v) is 8.91. The number of aryl methyl sites for hydroxylation is 1. The van der Waals surface area contributed by atoms with Crippen LogP contribution in [0.2, 0.25) is 0 Å². The van der Waals surface area contributed by atoms with E-state index in [2.05, 4.69) is 20.0 Å². The lowest BCUT2D eigenvalue weighted by molar-refractivity contribution is -0.148. The Morgan fingerprint density at radius 3 is 2.88 bits per heavy atom. The van der Waals surface area contributed by atoms with E-state index in [4.69, 9.17) is 4.74 Å². The number of carbonyl (C=O) groups excluding carboxylic acids is 1. The molecule has 1 saturated heterocycles. The number of rotatable bonds is 3. The molecule has 0 aromatic carbocycles. The average molecular weight is 329 g/mol. The van der Waals surface area contributed by atoms with Gasteiger partial charge in [-0.3, -0.25) is 4.79 Å². The van der Waals surface area contributed by atoms with Gasteiger partial charge in [-0.1, -0.05) is 0 Å². The molecule has 2 aromatic rings. The van der Waals surface area contributed by atoms with Crippen molar-refractivity contribution in [3.8, 4) is 0 Å². The van der Waals surface area contributed by atoms with Gasteiger partial charge in [0.15, 0.2) is 0 Å². The number of ether oxygens (including phenoxy) is 1. The highest BCUT2D eigenvalue weighted by Crippen LogP contribution is 2.32. The molecular weight excluding hydrogens is 306 g/mol. The molecule has 4 rings (SSSR count). The molecule has 1 aliphatic carbocycles. The highest BCUT2D eigenvalue weighted by Gasteiger charge is 2.30. The number of hydrogen-bond donors (Lipinski definition) is 0. The van der Waals surface area contributed by atoms with E-state index in [0.717, 1.165) is 44.6 Å². The number of carbonyl (C=O) groups is 1. The fourth-order valence-corrected chi connectivity index (χ4v) is 3.88. The summed E-state index contributed by atoms with van der Waals surface area (Å²) in [7, 11) is 0. The van der Waals surface area contributed by atoms with E-state index in [0.29, 0.717) is 12.4 Å². The second kappa shape index (κ2) is 6.37. The zero-order chi connectivity index (χ0) is 16.5. The number of esters is 1. The monoisotopic (exact) mass is 329 g/mol. The molecule has 0 saturated carbocycles. The average Bonchev–Trinajstić information content (AvgIpc) is 3.08. The van der Waals surface area contributed by atoms with E-state index >= 15 is 0 Å². The number of piperidine rings is 1. The molecule has 24 heavy (non-hydrogen) atoms. The third-order valence-electron chi connectivity index (χ3n) is 5.09. The number of hydrogen-bond acceptors (Lipinski definition) is 6. The Balaban J connectivity index is 1.63. The molecule has 0 unspecified atom stereocenters. The van der Waals surface area contributed by atoms with Crippen LogP contribution in [0.4, 0.5) is 5.82 Å². The minimum Gasteiger partial charge on any atom is -0.466 e. The Kier molecular flexibility index (Phi) is 4.08. The molecule has 1 aliphatic heterocycles. The molecular formula is C17H23N5O2. The van der Waals surface area contributed by atoms with Gasteiger partial charge in [0.05, 0.1) is 18.2 Å². The van der Waals surface area contributed by atoms with Crippen LogP contribution >= 0.6 is 0 Å². The SMILES string of the molecule is CCOC(=O)C1CCN(c2c3c(nc4ncnn24)CCCC3)CC1. The van der Waals surface area contributed by atoms with Crippen molar-refractivity contribution in [1.82, 2.24) is 19.6 Å². The van der Waals surface area contributed by atoms with Crippen LogP contribution < -0.4 is 4.90 Å². The topological polar surface area (TPSA) is 72.6 Å². The second-order valence-corrected chi connectivity index (χ2v) is 6.55. The predicted molar refractivity (Wildman–Crippen MR) is 89.0 cm³/mol. The van der Waals surface area contributed by atoms with Crippen molar-refractivity contribution in [3.05, 3.63) is 17.6 Å². The molecule has 0 N–H and O–H groups in total. The molecule has 7 nitrogen and oxygen atoms in total. The number of aromatic nitrogens is 4. The van der Waals surface area contributed by atoms with E-state index in [1.807, 2.05) is 11.4 Å². The van der Waals surface area contributed by atoms with Gasteiger partial charge in [-0.05, 0) is 45.4 Å². The van der Waals surface area contributed by atoms with Gasteiger partial charge in [-0.15, -0.1) is 0 Å². The largest absolute Gasteiger partial charge is 0.466 e. The maximum absolute atomic E-state index is 12.0. The predicted octanol–water partition coefficient (Wildman–Crippen LogP) is 1.78. The highest BCUT2D eigenvalue weighted by atomic mass is 16.5. The summed E-state index contributed by atoms with van der Waals surface area (Å²) < 4.78 is 7.05. The minimum atomic E-state index is -0.0557. The summed E-state index contributed by atoms with van der Waals surface area (Å²) in [5.41, 5.74) is 2.48. The molecule has 128 valence electrons. The summed E-state index contributed by atoms with van der Waals surface area (Å²) in [5.74, 6) is 1.78. The quantitative estimate of drug-likeness (QED) is 0.799. The molecule has 2 aliphatic rings. The Morgan fingerprint density at radius 2 is 2.08 bits per heavy atom. The first kappa shape index (κ1) is 15.4. The first-order chi connectivity index (χ1) is 11.8. The van der Waals surface area contributed by atoms with Crippen LogP contribution in [-0.2, 0) is 22.4 Å². The van der Waals surface area contributed by atoms with E-state index in [-0.39, 0.29) is 11.9 Å². The Morgan fingerprint density at radius 1 is 1.29 bits per heavy atom. The van der Waals surface area contributed by atoms with Gasteiger partial charge in [0.1, 0.15) is 12.1 Å². The first-order valence-electron chi connectivity index (χ1n) is 8.91. The molecule has 7 heteroatoms.